The lowest BCUT2D eigenvalue weighted by Gasteiger charge is -2.24. The predicted octanol–water partition coefficient (Wildman–Crippen LogP) is 4.35. The zero-order chi connectivity index (χ0) is 25.3. The first-order valence-electron chi connectivity index (χ1n) is 11.9. The molecule has 5 rings (SSSR count). The molecular weight excluding hydrogens is 476 g/mol. The maximum Gasteiger partial charge on any atom is 0.252 e. The Bertz CT molecular complexity index is 1590. The quantitative estimate of drug-likeness (QED) is 0.404. The van der Waals surface area contributed by atoms with Crippen molar-refractivity contribution in [1.82, 2.24) is 9.29 Å². The second-order valence-electron chi connectivity index (χ2n) is 9.03. The largest absolute Gasteiger partial charge is 0.486 e. The number of ether oxygens (including phenoxy) is 2. The highest BCUT2D eigenvalue weighted by atomic mass is 32.2. The van der Waals surface area contributed by atoms with Crippen LogP contribution in [0, 0.1) is 13.8 Å². The Hall–Kier alpha value is -3.62. The van der Waals surface area contributed by atoms with E-state index in [2.05, 4.69) is 4.98 Å². The van der Waals surface area contributed by atoms with E-state index in [0.717, 1.165) is 27.6 Å². The van der Waals surface area contributed by atoms with Gasteiger partial charge in [-0.15, -0.1) is 0 Å². The van der Waals surface area contributed by atoms with Crippen LogP contribution in [0.2, 0.25) is 0 Å². The molecule has 1 N–H and O–H groups in total. The van der Waals surface area contributed by atoms with Crippen molar-refractivity contribution in [2.45, 2.75) is 31.7 Å². The van der Waals surface area contributed by atoms with Crippen LogP contribution in [-0.2, 0) is 23.0 Å². The number of aryl methyl sites for hydroxylation is 2. The SMILES string of the molecule is Cc1ccc2cc(CN(CCc3ccccc3C)S(=O)(=O)c3ccc4c(c3)OCCO4)c(=O)[nH]c2c1. The fraction of sp³-hybridized carbons (Fsp3) is 0.250. The molecule has 36 heavy (non-hydrogen) atoms. The first-order valence-corrected chi connectivity index (χ1v) is 13.3. The third kappa shape index (κ3) is 4.87. The van der Waals surface area contributed by atoms with Crippen molar-refractivity contribution in [3.63, 3.8) is 0 Å². The summed E-state index contributed by atoms with van der Waals surface area (Å²) in [6.45, 7) is 4.91. The van der Waals surface area contributed by atoms with Crippen LogP contribution in [0.4, 0.5) is 0 Å². The van der Waals surface area contributed by atoms with Gasteiger partial charge in [-0.25, -0.2) is 8.42 Å². The third-order valence-electron chi connectivity index (χ3n) is 6.47. The van der Waals surface area contributed by atoms with Crippen LogP contribution in [0.5, 0.6) is 11.5 Å². The van der Waals surface area contributed by atoms with E-state index in [-0.39, 0.29) is 23.5 Å². The van der Waals surface area contributed by atoms with Crippen LogP contribution in [-0.4, -0.2) is 37.5 Å². The van der Waals surface area contributed by atoms with Gasteiger partial charge in [0.15, 0.2) is 11.5 Å². The summed E-state index contributed by atoms with van der Waals surface area (Å²) < 4.78 is 40.3. The van der Waals surface area contributed by atoms with E-state index in [9.17, 15) is 13.2 Å². The van der Waals surface area contributed by atoms with Gasteiger partial charge >= 0.3 is 0 Å². The van der Waals surface area contributed by atoms with Gasteiger partial charge in [-0.1, -0.05) is 36.4 Å². The van der Waals surface area contributed by atoms with Crippen molar-refractivity contribution in [3.8, 4) is 11.5 Å². The standard InChI is InChI=1S/C28H28N2O5S/c1-19-7-8-22-16-23(28(31)29-25(22)15-19)18-30(12-11-21-6-4-3-5-20(21)2)36(32,33)24-9-10-26-27(17-24)35-14-13-34-26/h3-10,15-17H,11-14,18H2,1-2H3,(H,29,31). The van der Waals surface area contributed by atoms with Crippen molar-refractivity contribution in [2.24, 2.45) is 0 Å². The summed E-state index contributed by atoms with van der Waals surface area (Å²) in [5, 5.41) is 0.853. The zero-order valence-corrected chi connectivity index (χ0v) is 21.1. The smallest absolute Gasteiger partial charge is 0.252 e. The Morgan fingerprint density at radius 3 is 2.47 bits per heavy atom. The van der Waals surface area contributed by atoms with Crippen molar-refractivity contribution >= 4 is 20.9 Å². The summed E-state index contributed by atoms with van der Waals surface area (Å²) >= 11 is 0. The molecule has 0 atom stereocenters. The van der Waals surface area contributed by atoms with Crippen LogP contribution >= 0.6 is 0 Å². The summed E-state index contributed by atoms with van der Waals surface area (Å²) in [7, 11) is -3.95. The predicted molar refractivity (Wildman–Crippen MR) is 139 cm³/mol. The lowest BCUT2D eigenvalue weighted by atomic mass is 10.1. The van der Waals surface area contributed by atoms with E-state index in [1.807, 2.05) is 56.3 Å². The van der Waals surface area contributed by atoms with Gasteiger partial charge < -0.3 is 14.5 Å². The Kier molecular flexibility index (Phi) is 6.55. The second kappa shape index (κ2) is 9.79. The monoisotopic (exact) mass is 504 g/mol. The molecule has 3 aromatic carbocycles. The Labute approximate surface area is 210 Å². The average molecular weight is 505 g/mol. The number of hydrogen-bond donors (Lipinski definition) is 1. The number of sulfonamides is 1. The normalized spacial score (nSPS) is 13.3. The fourth-order valence-corrected chi connectivity index (χ4v) is 5.86. The van der Waals surface area contributed by atoms with Gasteiger partial charge in [0.2, 0.25) is 10.0 Å². The van der Waals surface area contributed by atoms with Gasteiger partial charge in [-0.2, -0.15) is 4.31 Å². The summed E-state index contributed by atoms with van der Waals surface area (Å²) in [4.78, 5) is 16.0. The first-order chi connectivity index (χ1) is 17.3. The molecule has 0 unspecified atom stereocenters. The molecule has 0 saturated carbocycles. The maximum atomic E-state index is 13.9. The van der Waals surface area contributed by atoms with Gasteiger partial charge in [0.05, 0.1) is 4.90 Å². The molecule has 0 amide bonds. The van der Waals surface area contributed by atoms with Crippen LogP contribution in [0.25, 0.3) is 10.9 Å². The number of hydrogen-bond acceptors (Lipinski definition) is 5. The van der Waals surface area contributed by atoms with Crippen molar-refractivity contribution in [3.05, 3.63) is 99.3 Å². The highest BCUT2D eigenvalue weighted by molar-refractivity contribution is 7.89. The second-order valence-corrected chi connectivity index (χ2v) is 11.0. The van der Waals surface area contributed by atoms with E-state index in [0.29, 0.717) is 36.7 Å². The molecule has 0 bridgehead atoms. The number of aromatic nitrogens is 1. The summed E-state index contributed by atoms with van der Waals surface area (Å²) in [6.07, 6.45) is 0.515. The van der Waals surface area contributed by atoms with Crippen molar-refractivity contribution < 1.29 is 17.9 Å². The van der Waals surface area contributed by atoms with Crippen LogP contribution < -0.4 is 15.0 Å². The maximum absolute atomic E-state index is 13.9. The molecule has 1 aliphatic rings. The number of pyridine rings is 1. The highest BCUT2D eigenvalue weighted by Crippen LogP contribution is 2.33. The molecule has 0 spiro atoms. The van der Waals surface area contributed by atoms with Crippen LogP contribution in [0.15, 0.2) is 76.4 Å². The van der Waals surface area contributed by atoms with Crippen LogP contribution in [0.3, 0.4) is 0 Å². The lowest BCUT2D eigenvalue weighted by molar-refractivity contribution is 0.171. The summed E-state index contributed by atoms with van der Waals surface area (Å²) in [5.41, 5.74) is 4.00. The molecule has 1 aromatic heterocycles. The van der Waals surface area contributed by atoms with Gasteiger partial charge in [0, 0.05) is 30.2 Å². The van der Waals surface area contributed by atoms with E-state index in [4.69, 9.17) is 9.47 Å². The molecule has 2 heterocycles. The molecule has 0 saturated heterocycles. The number of rotatable bonds is 7. The Balaban J connectivity index is 1.52. The molecule has 186 valence electrons. The highest BCUT2D eigenvalue weighted by Gasteiger charge is 2.27. The van der Waals surface area contributed by atoms with Crippen molar-refractivity contribution in [1.29, 1.82) is 0 Å². The lowest BCUT2D eigenvalue weighted by Crippen LogP contribution is -2.34. The number of aromatic amines is 1. The molecule has 0 radical (unpaired) electrons. The summed E-state index contributed by atoms with van der Waals surface area (Å²) in [6, 6.07) is 20.1. The Morgan fingerprint density at radius 2 is 1.67 bits per heavy atom. The molecule has 8 heteroatoms. The minimum Gasteiger partial charge on any atom is -0.486 e. The van der Waals surface area contributed by atoms with E-state index >= 15 is 0 Å². The summed E-state index contributed by atoms with van der Waals surface area (Å²) in [5.74, 6) is 0.924. The van der Waals surface area contributed by atoms with E-state index in [1.165, 1.54) is 16.4 Å². The minimum absolute atomic E-state index is 0.0538. The molecule has 0 fully saturated rings. The average Bonchev–Trinajstić information content (AvgIpc) is 2.87. The molecule has 4 aromatic rings. The molecule has 0 aliphatic carbocycles. The van der Waals surface area contributed by atoms with Gasteiger partial charge in [0.25, 0.3) is 5.56 Å². The fourth-order valence-electron chi connectivity index (χ4n) is 4.42. The van der Waals surface area contributed by atoms with E-state index in [1.54, 1.807) is 12.1 Å². The Morgan fingerprint density at radius 1 is 0.889 bits per heavy atom. The van der Waals surface area contributed by atoms with Gasteiger partial charge in [0.1, 0.15) is 13.2 Å². The molecule has 1 aliphatic heterocycles. The van der Waals surface area contributed by atoms with Gasteiger partial charge in [-0.3, -0.25) is 4.79 Å². The number of nitrogens with zero attached hydrogens (tertiary/aromatic N) is 1. The van der Waals surface area contributed by atoms with Gasteiger partial charge in [-0.05, 0) is 66.6 Å². The number of H-pyrrole nitrogens is 1. The number of fused-ring (bicyclic) bond motifs is 2. The molecular formula is C28H28N2O5S. The van der Waals surface area contributed by atoms with E-state index < -0.39 is 10.0 Å². The minimum atomic E-state index is -3.95. The van der Waals surface area contributed by atoms with Crippen LogP contribution in [0.1, 0.15) is 22.3 Å². The third-order valence-corrected chi connectivity index (χ3v) is 8.31. The number of benzene rings is 3. The topological polar surface area (TPSA) is 88.7 Å². The zero-order valence-electron chi connectivity index (χ0n) is 20.3. The molecule has 7 nitrogen and oxygen atoms in total. The number of nitrogens with one attached hydrogen (secondary N) is 1. The first kappa shape index (κ1) is 24.1. The van der Waals surface area contributed by atoms with Crippen molar-refractivity contribution in [2.75, 3.05) is 19.8 Å².